The van der Waals surface area contributed by atoms with Crippen molar-refractivity contribution in [1.82, 2.24) is 4.90 Å². The maximum atomic E-state index is 11.9. The minimum atomic E-state index is -0.777. The fraction of sp³-hybridized carbons (Fsp3) is 0.375. The van der Waals surface area contributed by atoms with Gasteiger partial charge in [-0.25, -0.2) is 4.79 Å². The average molecular weight is 288 g/mol. The fourth-order valence-electron chi connectivity index (χ4n) is 2.32. The summed E-state index contributed by atoms with van der Waals surface area (Å²) in [5.74, 6) is -0.777. The highest BCUT2D eigenvalue weighted by Crippen LogP contribution is 2.48. The minimum absolute atomic E-state index is 0.217. The Balaban J connectivity index is 2.02. The molecule has 0 unspecified atom stereocenters. The van der Waals surface area contributed by atoms with Gasteiger partial charge in [-0.1, -0.05) is 24.3 Å². The average Bonchev–Trinajstić information content (AvgIpc) is 3.20. The number of urea groups is 1. The van der Waals surface area contributed by atoms with Crippen molar-refractivity contribution in [3.63, 3.8) is 0 Å². The summed E-state index contributed by atoms with van der Waals surface area (Å²) in [5.41, 5.74) is 1.64. The number of nitrogens with one attached hydrogen (secondary N) is 1. The second kappa shape index (κ2) is 5.60. The quantitative estimate of drug-likeness (QED) is 0.818. The Labute approximate surface area is 124 Å². The second-order valence-corrected chi connectivity index (χ2v) is 5.71. The van der Waals surface area contributed by atoms with Gasteiger partial charge in [-0.05, 0) is 37.5 Å². The van der Waals surface area contributed by atoms with Crippen molar-refractivity contribution < 1.29 is 14.7 Å². The molecule has 0 aliphatic heterocycles. The van der Waals surface area contributed by atoms with Crippen LogP contribution >= 0.6 is 0 Å². The monoisotopic (exact) mass is 288 g/mol. The van der Waals surface area contributed by atoms with Gasteiger partial charge >= 0.3 is 12.0 Å². The van der Waals surface area contributed by atoms with Crippen LogP contribution in [0.5, 0.6) is 0 Å². The largest absolute Gasteiger partial charge is 0.481 e. The molecule has 0 radical (unpaired) electrons. The van der Waals surface area contributed by atoms with Crippen LogP contribution in [0.4, 0.5) is 10.5 Å². The third-order valence-electron chi connectivity index (χ3n) is 3.70. The highest BCUT2D eigenvalue weighted by Gasteiger charge is 2.51. The zero-order valence-corrected chi connectivity index (χ0v) is 12.3. The van der Waals surface area contributed by atoms with Crippen molar-refractivity contribution >= 4 is 17.7 Å². The van der Waals surface area contributed by atoms with Gasteiger partial charge in [0.1, 0.15) is 0 Å². The lowest BCUT2D eigenvalue weighted by Crippen LogP contribution is -2.32. The fourth-order valence-corrected chi connectivity index (χ4v) is 2.32. The van der Waals surface area contributed by atoms with Gasteiger partial charge in [-0.2, -0.15) is 0 Å². The number of anilines is 1. The molecule has 0 saturated heterocycles. The Morgan fingerprint density at radius 2 is 1.90 bits per heavy atom. The van der Waals surface area contributed by atoms with Crippen molar-refractivity contribution in [2.45, 2.75) is 25.2 Å². The van der Waals surface area contributed by atoms with E-state index in [1.165, 1.54) is 4.90 Å². The molecule has 1 fully saturated rings. The number of carbonyl (C=O) groups is 2. The summed E-state index contributed by atoms with van der Waals surface area (Å²) in [5, 5.41) is 12.0. The lowest BCUT2D eigenvalue weighted by atomic mass is 9.96. The zero-order chi connectivity index (χ0) is 15.6. The lowest BCUT2D eigenvalue weighted by Gasteiger charge is -2.18. The molecule has 1 aromatic rings. The number of hydrogen-bond acceptors (Lipinski definition) is 2. The van der Waals surface area contributed by atoms with Crippen LogP contribution in [0, 0.1) is 0 Å². The Bertz CT molecular complexity index is 574. The Morgan fingerprint density at radius 3 is 2.33 bits per heavy atom. The van der Waals surface area contributed by atoms with Gasteiger partial charge in [0.15, 0.2) is 0 Å². The Hall–Kier alpha value is -2.30. The van der Waals surface area contributed by atoms with Crippen LogP contribution in [0.3, 0.4) is 0 Å². The summed E-state index contributed by atoms with van der Waals surface area (Å²) >= 11 is 0. The predicted molar refractivity (Wildman–Crippen MR) is 81.5 cm³/mol. The predicted octanol–water partition coefficient (Wildman–Crippen LogP) is 2.84. The molecule has 2 amide bonds. The molecule has 0 spiro atoms. The van der Waals surface area contributed by atoms with Crippen LogP contribution in [0.25, 0.3) is 0 Å². The number of likely N-dealkylation sites (N-methyl/N-ethyl adjacent to an activating group) is 1. The number of carbonyl (C=O) groups excluding carboxylic acids is 1. The van der Waals surface area contributed by atoms with E-state index in [9.17, 15) is 14.7 Å². The molecule has 1 aromatic carbocycles. The van der Waals surface area contributed by atoms with Gasteiger partial charge in [0.2, 0.25) is 0 Å². The molecule has 0 bridgehead atoms. The molecular formula is C16H20N2O3. The first-order valence-corrected chi connectivity index (χ1v) is 6.85. The summed E-state index contributed by atoms with van der Waals surface area (Å²) in [6, 6.07) is 6.81. The summed E-state index contributed by atoms with van der Waals surface area (Å²) < 4.78 is 0. The number of carboxylic acid groups (broad SMARTS) is 1. The number of nitrogens with zero attached hydrogens (tertiary/aromatic N) is 1. The van der Waals surface area contributed by atoms with Gasteiger partial charge < -0.3 is 15.3 Å². The Kier molecular flexibility index (Phi) is 4.02. The SMILES string of the molecule is C=C(C)CN(C)C(=O)Nc1ccc(C2(C(=O)O)CC2)cc1. The van der Waals surface area contributed by atoms with Crippen LogP contribution in [-0.2, 0) is 10.2 Å². The standard InChI is InChI=1S/C16H20N2O3/c1-11(2)10-18(3)15(21)17-13-6-4-12(5-7-13)16(8-9-16)14(19)20/h4-7H,1,8-10H2,2-3H3,(H,17,21)(H,19,20). The van der Waals surface area contributed by atoms with Crippen LogP contribution in [0.1, 0.15) is 25.3 Å². The van der Waals surface area contributed by atoms with Crippen molar-refractivity contribution in [3.8, 4) is 0 Å². The van der Waals surface area contributed by atoms with Crippen LogP contribution in [0.2, 0.25) is 0 Å². The highest BCUT2D eigenvalue weighted by molar-refractivity contribution is 5.90. The van der Waals surface area contributed by atoms with Gasteiger partial charge in [-0.3, -0.25) is 4.79 Å². The topological polar surface area (TPSA) is 69.6 Å². The third kappa shape index (κ3) is 3.24. The highest BCUT2D eigenvalue weighted by atomic mass is 16.4. The third-order valence-corrected chi connectivity index (χ3v) is 3.70. The molecular weight excluding hydrogens is 268 g/mol. The summed E-state index contributed by atoms with van der Waals surface area (Å²) in [4.78, 5) is 24.7. The van der Waals surface area contributed by atoms with Gasteiger partial charge in [0, 0.05) is 19.3 Å². The molecule has 21 heavy (non-hydrogen) atoms. The lowest BCUT2D eigenvalue weighted by molar-refractivity contribution is -0.140. The van der Waals surface area contributed by atoms with E-state index in [1.807, 2.05) is 6.92 Å². The van der Waals surface area contributed by atoms with E-state index < -0.39 is 11.4 Å². The minimum Gasteiger partial charge on any atom is -0.481 e. The summed E-state index contributed by atoms with van der Waals surface area (Å²) in [7, 11) is 1.70. The molecule has 5 heteroatoms. The van der Waals surface area contributed by atoms with Crippen LogP contribution in [-0.4, -0.2) is 35.6 Å². The summed E-state index contributed by atoms with van der Waals surface area (Å²) in [6.45, 7) is 6.12. The maximum Gasteiger partial charge on any atom is 0.321 e. The number of benzene rings is 1. The van der Waals surface area contributed by atoms with Crippen LogP contribution < -0.4 is 5.32 Å². The van der Waals surface area contributed by atoms with Crippen molar-refractivity contribution in [1.29, 1.82) is 0 Å². The number of hydrogen-bond donors (Lipinski definition) is 2. The molecule has 112 valence electrons. The van der Waals surface area contributed by atoms with E-state index >= 15 is 0 Å². The first-order valence-electron chi connectivity index (χ1n) is 6.85. The molecule has 0 atom stereocenters. The zero-order valence-electron chi connectivity index (χ0n) is 12.3. The number of carboxylic acids is 1. The summed E-state index contributed by atoms with van der Waals surface area (Å²) in [6.07, 6.45) is 1.35. The maximum absolute atomic E-state index is 11.9. The van der Waals surface area contributed by atoms with E-state index in [1.54, 1.807) is 31.3 Å². The van der Waals surface area contributed by atoms with E-state index in [4.69, 9.17) is 0 Å². The van der Waals surface area contributed by atoms with Gasteiger partial charge in [0.25, 0.3) is 0 Å². The number of rotatable bonds is 5. The van der Waals surface area contributed by atoms with Gasteiger partial charge in [-0.15, -0.1) is 0 Å². The molecule has 2 N–H and O–H groups in total. The first-order chi connectivity index (χ1) is 9.85. The molecule has 1 saturated carbocycles. The second-order valence-electron chi connectivity index (χ2n) is 5.71. The molecule has 0 aromatic heterocycles. The molecule has 2 rings (SSSR count). The van der Waals surface area contributed by atoms with Crippen LogP contribution in [0.15, 0.2) is 36.4 Å². The molecule has 1 aliphatic carbocycles. The van der Waals surface area contributed by atoms with E-state index in [0.717, 1.165) is 11.1 Å². The molecule has 1 aliphatic rings. The molecule has 0 heterocycles. The molecule has 5 nitrogen and oxygen atoms in total. The van der Waals surface area contributed by atoms with Gasteiger partial charge in [0.05, 0.1) is 5.41 Å². The first kappa shape index (κ1) is 15.1. The Morgan fingerprint density at radius 1 is 1.33 bits per heavy atom. The van der Waals surface area contributed by atoms with Crippen molar-refractivity contribution in [2.24, 2.45) is 0 Å². The normalized spacial score (nSPS) is 15.1. The van der Waals surface area contributed by atoms with E-state index in [2.05, 4.69) is 11.9 Å². The van der Waals surface area contributed by atoms with Crippen molar-refractivity contribution in [3.05, 3.63) is 42.0 Å². The van der Waals surface area contributed by atoms with E-state index in [0.29, 0.717) is 25.1 Å². The number of aliphatic carboxylic acids is 1. The number of amides is 2. The smallest absolute Gasteiger partial charge is 0.321 e. The van der Waals surface area contributed by atoms with E-state index in [-0.39, 0.29) is 6.03 Å². The van der Waals surface area contributed by atoms with Crippen molar-refractivity contribution in [2.75, 3.05) is 18.9 Å².